The van der Waals surface area contributed by atoms with E-state index in [-0.39, 0.29) is 41.2 Å². The number of nitrogens with two attached hydrogens (primary N) is 1. The number of rotatable bonds is 2. The van der Waals surface area contributed by atoms with Gasteiger partial charge in [-0.15, -0.1) is 12.4 Å². The third-order valence-electron chi connectivity index (χ3n) is 4.85. The summed E-state index contributed by atoms with van der Waals surface area (Å²) < 4.78 is 39.9. The maximum Gasteiger partial charge on any atom is 0.416 e. The maximum atomic E-state index is 12.9. The Hall–Kier alpha value is -2.06. The molecule has 5 nitrogen and oxygen atoms in total. The van der Waals surface area contributed by atoms with E-state index in [1.807, 2.05) is 13.8 Å². The summed E-state index contributed by atoms with van der Waals surface area (Å²) in [5, 5.41) is 4.17. The van der Waals surface area contributed by atoms with Crippen LogP contribution in [0.15, 0.2) is 36.5 Å². The predicted molar refractivity (Wildman–Crippen MR) is 98.1 cm³/mol. The minimum Gasteiger partial charge on any atom is -0.337 e. The zero-order valence-corrected chi connectivity index (χ0v) is 15.8. The van der Waals surface area contributed by atoms with Gasteiger partial charge >= 0.3 is 6.18 Å². The lowest BCUT2D eigenvalue weighted by molar-refractivity contribution is -0.137. The van der Waals surface area contributed by atoms with Gasteiger partial charge in [-0.25, -0.2) is 4.68 Å². The van der Waals surface area contributed by atoms with E-state index in [0.29, 0.717) is 19.5 Å². The van der Waals surface area contributed by atoms with Gasteiger partial charge in [0.1, 0.15) is 0 Å². The van der Waals surface area contributed by atoms with E-state index >= 15 is 0 Å². The lowest BCUT2D eigenvalue weighted by Crippen LogP contribution is -2.54. The number of halogens is 4. The lowest BCUT2D eigenvalue weighted by Gasteiger charge is -2.42. The number of benzene rings is 1. The van der Waals surface area contributed by atoms with Crippen molar-refractivity contribution in [2.24, 2.45) is 11.1 Å². The molecule has 1 amide bonds. The molecule has 0 bridgehead atoms. The lowest BCUT2D eigenvalue weighted by atomic mass is 9.79. The summed E-state index contributed by atoms with van der Waals surface area (Å²) in [6.45, 7) is 5.08. The maximum absolute atomic E-state index is 12.9. The number of alkyl halides is 3. The van der Waals surface area contributed by atoms with E-state index < -0.39 is 11.7 Å². The summed E-state index contributed by atoms with van der Waals surface area (Å²) >= 11 is 0. The van der Waals surface area contributed by atoms with Gasteiger partial charge in [-0.3, -0.25) is 4.79 Å². The first-order valence-electron chi connectivity index (χ1n) is 8.36. The highest BCUT2D eigenvalue weighted by Crippen LogP contribution is 2.31. The molecule has 1 aliphatic heterocycles. The zero-order chi connectivity index (χ0) is 19.1. The molecule has 0 radical (unpaired) electrons. The molecule has 1 saturated heterocycles. The van der Waals surface area contributed by atoms with Gasteiger partial charge in [0.25, 0.3) is 5.91 Å². The molecular weight excluding hydrogens is 381 g/mol. The van der Waals surface area contributed by atoms with Crippen molar-refractivity contribution in [2.45, 2.75) is 32.5 Å². The number of aromatic nitrogens is 2. The second-order valence-corrected chi connectivity index (χ2v) is 7.30. The van der Waals surface area contributed by atoms with Gasteiger partial charge in [-0.2, -0.15) is 18.3 Å². The van der Waals surface area contributed by atoms with Gasteiger partial charge in [0.2, 0.25) is 0 Å². The van der Waals surface area contributed by atoms with Crippen LogP contribution in [-0.2, 0) is 6.18 Å². The van der Waals surface area contributed by atoms with Gasteiger partial charge in [0.05, 0.1) is 11.3 Å². The quantitative estimate of drug-likeness (QED) is 0.836. The van der Waals surface area contributed by atoms with Crippen LogP contribution in [0.3, 0.4) is 0 Å². The van der Waals surface area contributed by atoms with Crippen molar-refractivity contribution in [1.82, 2.24) is 14.7 Å². The number of carbonyl (C=O) groups is 1. The highest BCUT2D eigenvalue weighted by atomic mass is 35.5. The molecule has 1 aromatic heterocycles. The van der Waals surface area contributed by atoms with E-state index in [9.17, 15) is 18.0 Å². The van der Waals surface area contributed by atoms with Gasteiger partial charge in [-0.1, -0.05) is 19.9 Å². The fraction of sp³-hybridized carbons (Fsp3) is 0.444. The third-order valence-corrected chi connectivity index (χ3v) is 4.85. The van der Waals surface area contributed by atoms with Crippen LogP contribution in [0.5, 0.6) is 0 Å². The van der Waals surface area contributed by atoms with Crippen LogP contribution in [-0.4, -0.2) is 39.7 Å². The SMILES string of the molecule is CC1(C)CN(C(=O)c2ccn(-c3cccc(C(F)(F)F)c3)n2)CCC1N.Cl. The molecule has 3 rings (SSSR count). The number of nitrogens with zero attached hydrogens (tertiary/aromatic N) is 3. The first-order chi connectivity index (χ1) is 12.1. The van der Waals surface area contributed by atoms with Crippen LogP contribution in [0.25, 0.3) is 5.69 Å². The van der Waals surface area contributed by atoms with Gasteiger partial charge in [0, 0.05) is 25.3 Å². The Balaban J connectivity index is 0.00000261. The monoisotopic (exact) mass is 402 g/mol. The highest BCUT2D eigenvalue weighted by molar-refractivity contribution is 5.92. The number of carbonyl (C=O) groups excluding carboxylic acids is 1. The molecule has 27 heavy (non-hydrogen) atoms. The number of amides is 1. The summed E-state index contributed by atoms with van der Waals surface area (Å²) in [6.07, 6.45) is -2.24. The molecule has 0 aliphatic carbocycles. The van der Waals surface area contributed by atoms with Crippen LogP contribution < -0.4 is 5.73 Å². The number of piperidine rings is 1. The number of hydrogen-bond acceptors (Lipinski definition) is 3. The molecule has 2 aromatic rings. The molecule has 1 aromatic carbocycles. The van der Waals surface area contributed by atoms with Crippen molar-refractivity contribution < 1.29 is 18.0 Å². The van der Waals surface area contributed by atoms with E-state index in [1.54, 1.807) is 4.90 Å². The summed E-state index contributed by atoms with van der Waals surface area (Å²) in [6, 6.07) is 6.37. The van der Waals surface area contributed by atoms with Crippen molar-refractivity contribution in [1.29, 1.82) is 0 Å². The Labute approximate surface area is 161 Å². The highest BCUT2D eigenvalue weighted by Gasteiger charge is 2.36. The molecule has 1 fully saturated rings. The van der Waals surface area contributed by atoms with Gasteiger partial charge in [-0.05, 0) is 36.1 Å². The van der Waals surface area contributed by atoms with Crippen LogP contribution in [0, 0.1) is 5.41 Å². The Morgan fingerprint density at radius 3 is 2.63 bits per heavy atom. The Kier molecular flexibility index (Phi) is 5.91. The fourth-order valence-electron chi connectivity index (χ4n) is 3.12. The van der Waals surface area contributed by atoms with E-state index in [4.69, 9.17) is 5.73 Å². The molecule has 2 heterocycles. The van der Waals surface area contributed by atoms with Crippen molar-refractivity contribution in [3.63, 3.8) is 0 Å². The number of likely N-dealkylation sites (tertiary alicyclic amines) is 1. The van der Waals surface area contributed by atoms with E-state index in [2.05, 4.69) is 5.10 Å². The standard InChI is InChI=1S/C18H21F3N4O.ClH/c1-17(2)11-24(8-7-15(17)22)16(26)14-6-9-25(23-14)13-5-3-4-12(10-13)18(19,20)21;/h3-6,9-10,15H,7-8,11,22H2,1-2H3;1H. The molecule has 2 N–H and O–H groups in total. The third kappa shape index (κ3) is 4.44. The summed E-state index contributed by atoms with van der Waals surface area (Å²) in [5.74, 6) is -0.240. The summed E-state index contributed by atoms with van der Waals surface area (Å²) in [4.78, 5) is 14.4. The molecule has 1 atom stereocenters. The smallest absolute Gasteiger partial charge is 0.337 e. The average molecular weight is 403 g/mol. The summed E-state index contributed by atoms with van der Waals surface area (Å²) in [5.41, 5.74) is 5.59. The van der Waals surface area contributed by atoms with Gasteiger partial charge < -0.3 is 10.6 Å². The minimum atomic E-state index is -4.43. The molecule has 9 heteroatoms. The zero-order valence-electron chi connectivity index (χ0n) is 15.0. The average Bonchev–Trinajstić information content (AvgIpc) is 3.06. The first kappa shape index (κ1) is 21.2. The van der Waals surface area contributed by atoms with Crippen molar-refractivity contribution in [3.05, 3.63) is 47.8 Å². The van der Waals surface area contributed by atoms with Crippen LogP contribution >= 0.6 is 12.4 Å². The van der Waals surface area contributed by atoms with Crippen LogP contribution in [0.2, 0.25) is 0 Å². The Morgan fingerprint density at radius 1 is 1.30 bits per heavy atom. The normalized spacial score (nSPS) is 19.5. The molecule has 148 valence electrons. The Morgan fingerprint density at radius 2 is 2.00 bits per heavy atom. The van der Waals surface area contributed by atoms with Crippen LogP contribution in [0.4, 0.5) is 13.2 Å². The van der Waals surface area contributed by atoms with Crippen LogP contribution in [0.1, 0.15) is 36.3 Å². The number of hydrogen-bond donors (Lipinski definition) is 1. The van der Waals surface area contributed by atoms with Crippen molar-refractivity contribution in [2.75, 3.05) is 13.1 Å². The first-order valence-corrected chi connectivity index (χ1v) is 8.36. The topological polar surface area (TPSA) is 64.2 Å². The predicted octanol–water partition coefficient (Wildman–Crippen LogP) is 3.51. The molecule has 1 aliphatic rings. The largest absolute Gasteiger partial charge is 0.416 e. The second kappa shape index (κ2) is 7.52. The molecular formula is C18H22ClF3N4O. The van der Waals surface area contributed by atoms with E-state index in [1.165, 1.54) is 29.1 Å². The minimum absolute atomic E-state index is 0. The second-order valence-electron chi connectivity index (χ2n) is 7.30. The van der Waals surface area contributed by atoms with E-state index in [0.717, 1.165) is 12.1 Å². The van der Waals surface area contributed by atoms with Gasteiger partial charge in [0.15, 0.2) is 5.69 Å². The fourth-order valence-corrected chi connectivity index (χ4v) is 3.12. The van der Waals surface area contributed by atoms with Crippen molar-refractivity contribution in [3.8, 4) is 5.69 Å². The molecule has 1 unspecified atom stereocenters. The van der Waals surface area contributed by atoms with Crippen molar-refractivity contribution >= 4 is 18.3 Å². The molecule has 0 spiro atoms. The summed E-state index contributed by atoms with van der Waals surface area (Å²) in [7, 11) is 0. The molecule has 0 saturated carbocycles. The Bertz CT molecular complexity index is 819.